The largest absolute Gasteiger partial charge is 4.00 e. The van der Waals surface area contributed by atoms with Crippen molar-refractivity contribution in [3.8, 4) is 11.5 Å². The molecule has 244 valence electrons. The molecule has 2 aliphatic carbocycles. The molecule has 0 heterocycles. The van der Waals surface area contributed by atoms with E-state index in [0.29, 0.717) is 0 Å². The van der Waals surface area contributed by atoms with Gasteiger partial charge in [-0.2, -0.15) is 35.5 Å². The van der Waals surface area contributed by atoms with Crippen molar-refractivity contribution in [2.24, 2.45) is 0 Å². The van der Waals surface area contributed by atoms with Gasteiger partial charge in [-0.3, -0.25) is 0 Å². The summed E-state index contributed by atoms with van der Waals surface area (Å²) in [6.07, 6.45) is 17.3. The average Bonchev–Trinajstić information content (AvgIpc) is 3.60. The fraction of sp³-hybridized carbons (Fsp3) is 0.500. The van der Waals surface area contributed by atoms with Crippen molar-refractivity contribution in [2.75, 3.05) is 14.2 Å². The minimum absolute atomic E-state index is 0. The van der Waals surface area contributed by atoms with Crippen LogP contribution in [0.25, 0.3) is 11.1 Å². The number of allylic oxidation sites excluding steroid dienone is 8. The van der Waals surface area contributed by atoms with Crippen molar-refractivity contribution in [1.82, 2.24) is 0 Å². The van der Waals surface area contributed by atoms with Gasteiger partial charge in [-0.25, -0.2) is 0 Å². The van der Waals surface area contributed by atoms with Crippen LogP contribution in [0.1, 0.15) is 129 Å². The molecule has 2 aromatic rings. The van der Waals surface area contributed by atoms with Gasteiger partial charge in [0.15, 0.2) is 0 Å². The summed E-state index contributed by atoms with van der Waals surface area (Å²) in [5.41, 5.74) is 10.2. The predicted molar refractivity (Wildman–Crippen MR) is 182 cm³/mol. The second-order valence-corrected chi connectivity index (χ2v) is 15.6. The van der Waals surface area contributed by atoms with Gasteiger partial charge in [-0.05, 0) is 43.9 Å². The third-order valence-corrected chi connectivity index (χ3v) is 7.83. The normalized spacial score (nSPS) is 14.3. The molecule has 0 radical (unpaired) electrons. The van der Waals surface area contributed by atoms with Crippen molar-refractivity contribution in [3.05, 3.63) is 94.1 Å². The molecule has 0 unspecified atom stereocenters. The standard InChI is InChI=1S/2C20H27O.2ClH.Zr/c2*1-19(2,3)16-12-15(14-10-8-9-11-14)13-17(18(16)21-7)20(4,5)6;;;/h2*8,10,12-13H,9H2,1-7H3;2*1H;/q2*-1;;;+4/p-2. The van der Waals surface area contributed by atoms with E-state index in [1.807, 2.05) is 0 Å². The molecule has 0 atom stereocenters. The molecule has 0 N–H and O–H groups in total. The Hall–Kier alpha value is -1.54. The van der Waals surface area contributed by atoms with E-state index in [9.17, 15) is 0 Å². The Morgan fingerprint density at radius 3 is 0.889 bits per heavy atom. The van der Waals surface area contributed by atoms with E-state index in [-0.39, 0.29) is 72.7 Å². The second-order valence-electron chi connectivity index (χ2n) is 15.6. The fourth-order valence-corrected chi connectivity index (χ4v) is 5.44. The third-order valence-electron chi connectivity index (χ3n) is 7.83. The van der Waals surface area contributed by atoms with E-state index in [2.05, 4.69) is 144 Å². The minimum atomic E-state index is 0. The Morgan fingerprint density at radius 1 is 0.489 bits per heavy atom. The molecule has 5 heteroatoms. The van der Waals surface area contributed by atoms with E-state index in [1.165, 1.54) is 44.5 Å². The average molecular weight is 729 g/mol. The van der Waals surface area contributed by atoms with Gasteiger partial charge in [0.1, 0.15) is 11.5 Å². The van der Waals surface area contributed by atoms with Gasteiger partial charge in [-0.15, -0.1) is 47.5 Å². The molecule has 0 aliphatic heterocycles. The van der Waals surface area contributed by atoms with Crippen LogP contribution in [0.4, 0.5) is 0 Å². The number of hydrogen-bond acceptors (Lipinski definition) is 2. The van der Waals surface area contributed by atoms with Crippen LogP contribution in [0.5, 0.6) is 11.5 Å². The number of halogens is 2. The van der Waals surface area contributed by atoms with Gasteiger partial charge < -0.3 is 34.3 Å². The quantitative estimate of drug-likeness (QED) is 0.419. The number of ether oxygens (including phenoxy) is 2. The molecule has 0 fully saturated rings. The van der Waals surface area contributed by atoms with Crippen molar-refractivity contribution in [3.63, 3.8) is 0 Å². The molecule has 2 aromatic carbocycles. The zero-order valence-electron chi connectivity index (χ0n) is 30.1. The molecule has 0 amide bonds. The molecule has 0 saturated carbocycles. The van der Waals surface area contributed by atoms with Crippen LogP contribution in [0, 0.1) is 12.2 Å². The van der Waals surface area contributed by atoms with Crippen molar-refractivity contribution in [2.45, 2.75) is 118 Å². The van der Waals surface area contributed by atoms with Gasteiger partial charge in [-0.1, -0.05) is 95.9 Å². The van der Waals surface area contributed by atoms with Gasteiger partial charge in [0.2, 0.25) is 0 Å². The van der Waals surface area contributed by atoms with Gasteiger partial charge >= 0.3 is 26.2 Å². The molecule has 0 saturated heterocycles. The SMILES string of the molecule is COc1c(C(C)(C)C)cc(C2=[C-]CC=C2)cc1C(C)(C)C.COc1c(C(C)(C)C)cc(C2=[C-]CC=C2)cc1C(C)(C)C.[Cl-].[Cl-].[Zr+4]. The Kier molecular flexibility index (Phi) is 16.0. The molecule has 2 aliphatic rings. The molecule has 0 aromatic heterocycles. The zero-order valence-corrected chi connectivity index (χ0v) is 34.1. The monoisotopic (exact) mass is 726 g/mol. The van der Waals surface area contributed by atoms with Gasteiger partial charge in [0, 0.05) is 0 Å². The van der Waals surface area contributed by atoms with Crippen LogP contribution in [-0.2, 0) is 47.9 Å². The van der Waals surface area contributed by atoms with E-state index in [4.69, 9.17) is 9.47 Å². The first-order chi connectivity index (χ1) is 19.3. The number of rotatable bonds is 4. The third kappa shape index (κ3) is 10.7. The maximum Gasteiger partial charge on any atom is 4.00 e. The summed E-state index contributed by atoms with van der Waals surface area (Å²) in [6.45, 7) is 26.9. The number of benzene rings is 2. The summed E-state index contributed by atoms with van der Waals surface area (Å²) in [7, 11) is 3.56. The summed E-state index contributed by atoms with van der Waals surface area (Å²) in [5, 5.41) is 0. The maximum atomic E-state index is 5.80. The summed E-state index contributed by atoms with van der Waals surface area (Å²) in [6, 6.07) is 9.08. The molecular weight excluding hydrogens is 675 g/mol. The van der Waals surface area contributed by atoms with Crippen LogP contribution in [0.2, 0.25) is 0 Å². The molecule has 4 rings (SSSR count). The van der Waals surface area contributed by atoms with E-state index < -0.39 is 0 Å². The van der Waals surface area contributed by atoms with Crippen molar-refractivity contribution >= 4 is 11.1 Å². The Bertz CT molecular complexity index is 1240. The first-order valence-corrected chi connectivity index (χ1v) is 15.3. The van der Waals surface area contributed by atoms with Crippen LogP contribution in [0.3, 0.4) is 0 Å². The van der Waals surface area contributed by atoms with Crippen LogP contribution in [0.15, 0.2) is 48.6 Å². The number of methoxy groups -OCH3 is 2. The van der Waals surface area contributed by atoms with Gasteiger partial charge in [0.25, 0.3) is 0 Å². The van der Waals surface area contributed by atoms with Gasteiger partial charge in [0.05, 0.1) is 14.2 Å². The topological polar surface area (TPSA) is 18.5 Å². The first kappa shape index (κ1) is 43.5. The van der Waals surface area contributed by atoms with E-state index in [1.54, 1.807) is 14.2 Å². The molecule has 0 bridgehead atoms. The van der Waals surface area contributed by atoms with Crippen LogP contribution >= 0.6 is 0 Å². The molecule has 0 spiro atoms. The van der Waals surface area contributed by atoms with Crippen molar-refractivity contribution in [1.29, 1.82) is 0 Å². The van der Waals surface area contributed by atoms with E-state index in [0.717, 1.165) is 24.3 Å². The Morgan fingerprint density at radius 2 is 0.733 bits per heavy atom. The maximum absolute atomic E-state index is 5.80. The summed E-state index contributed by atoms with van der Waals surface area (Å²) in [4.78, 5) is 0. The van der Waals surface area contributed by atoms with Crippen LogP contribution in [-0.4, -0.2) is 14.2 Å². The molecular formula is C40H54Cl2O2Zr. The summed E-state index contributed by atoms with van der Waals surface area (Å²) < 4.78 is 11.6. The molecule has 2 nitrogen and oxygen atoms in total. The summed E-state index contributed by atoms with van der Waals surface area (Å²) in [5.74, 6) is 2.06. The zero-order chi connectivity index (χ0) is 31.7. The van der Waals surface area contributed by atoms with Crippen molar-refractivity contribution < 1.29 is 60.5 Å². The minimum Gasteiger partial charge on any atom is -1.00 e. The Balaban J connectivity index is 0.000000807. The number of hydrogen-bond donors (Lipinski definition) is 0. The predicted octanol–water partition coefficient (Wildman–Crippen LogP) is 4.88. The van der Waals surface area contributed by atoms with E-state index >= 15 is 0 Å². The second kappa shape index (κ2) is 16.5. The summed E-state index contributed by atoms with van der Waals surface area (Å²) >= 11 is 0. The first-order valence-electron chi connectivity index (χ1n) is 15.3. The smallest absolute Gasteiger partial charge is 1.00 e. The Labute approximate surface area is 307 Å². The fourth-order valence-electron chi connectivity index (χ4n) is 5.44. The van der Waals surface area contributed by atoms with Crippen LogP contribution < -0.4 is 34.3 Å². The molecule has 45 heavy (non-hydrogen) atoms.